The Kier molecular flexibility index (Phi) is 4.99. The second kappa shape index (κ2) is 7.58. The van der Waals surface area contributed by atoms with Crippen molar-refractivity contribution in [3.63, 3.8) is 0 Å². The summed E-state index contributed by atoms with van der Waals surface area (Å²) in [5, 5.41) is 0.550. The van der Waals surface area contributed by atoms with Crippen LogP contribution in [0.3, 0.4) is 0 Å². The average molecular weight is 378 g/mol. The Morgan fingerprint density at radius 1 is 0.964 bits per heavy atom. The largest absolute Gasteiger partial charge is 0.497 e. The summed E-state index contributed by atoms with van der Waals surface area (Å²) >= 11 is 0. The molecule has 2 heterocycles. The number of anilines is 1. The maximum absolute atomic E-state index is 13.1. The number of fused-ring (bicyclic) bond motifs is 1. The van der Waals surface area contributed by atoms with Crippen LogP contribution in [-0.4, -0.2) is 32.3 Å². The van der Waals surface area contributed by atoms with Gasteiger partial charge in [0.2, 0.25) is 0 Å². The average Bonchev–Trinajstić information content (AvgIpc) is 2.76. The molecule has 2 aromatic carbocycles. The van der Waals surface area contributed by atoms with E-state index < -0.39 is 0 Å². The van der Waals surface area contributed by atoms with Crippen LogP contribution in [0.1, 0.15) is 24.8 Å². The van der Waals surface area contributed by atoms with Gasteiger partial charge in [-0.25, -0.2) is 0 Å². The first kappa shape index (κ1) is 18.4. The SMILES string of the molecule is COc1cc(OC)c2c(=O)c(C)c(-c3ccc(N4CCCCC4)cc3)[nH]c2c1. The molecule has 0 bridgehead atoms. The molecule has 28 heavy (non-hydrogen) atoms. The van der Waals surface area contributed by atoms with Crippen LogP contribution in [0.5, 0.6) is 11.5 Å². The van der Waals surface area contributed by atoms with Crippen LogP contribution in [0.25, 0.3) is 22.2 Å². The van der Waals surface area contributed by atoms with Crippen molar-refractivity contribution in [1.29, 1.82) is 0 Å². The number of methoxy groups -OCH3 is 2. The normalized spacial score (nSPS) is 14.3. The third-order valence-corrected chi connectivity index (χ3v) is 5.61. The lowest BCUT2D eigenvalue weighted by Crippen LogP contribution is -2.29. The van der Waals surface area contributed by atoms with Gasteiger partial charge in [-0.15, -0.1) is 0 Å². The molecule has 1 fully saturated rings. The smallest absolute Gasteiger partial charge is 0.196 e. The first-order valence-corrected chi connectivity index (χ1v) is 9.76. The number of aromatic amines is 1. The lowest BCUT2D eigenvalue weighted by Gasteiger charge is -2.28. The van der Waals surface area contributed by atoms with Gasteiger partial charge in [0.1, 0.15) is 11.5 Å². The number of nitrogens with one attached hydrogen (secondary N) is 1. The minimum atomic E-state index is -0.0247. The third-order valence-electron chi connectivity index (χ3n) is 5.61. The Hall–Kier alpha value is -2.95. The maximum Gasteiger partial charge on any atom is 0.196 e. The molecule has 0 spiro atoms. The van der Waals surface area contributed by atoms with Crippen molar-refractivity contribution in [2.24, 2.45) is 0 Å². The van der Waals surface area contributed by atoms with Gasteiger partial charge in [-0.2, -0.15) is 0 Å². The first-order chi connectivity index (χ1) is 13.6. The van der Waals surface area contributed by atoms with Gasteiger partial charge in [0.25, 0.3) is 0 Å². The monoisotopic (exact) mass is 378 g/mol. The summed E-state index contributed by atoms with van der Waals surface area (Å²) in [6.07, 6.45) is 3.82. The molecule has 3 aromatic rings. The highest BCUT2D eigenvalue weighted by molar-refractivity contribution is 5.89. The Morgan fingerprint density at radius 2 is 1.68 bits per heavy atom. The summed E-state index contributed by atoms with van der Waals surface area (Å²) in [6.45, 7) is 4.09. The number of rotatable bonds is 4. The number of aromatic nitrogens is 1. The van der Waals surface area contributed by atoms with Gasteiger partial charge in [-0.3, -0.25) is 4.79 Å². The van der Waals surface area contributed by atoms with Crippen molar-refractivity contribution in [1.82, 2.24) is 4.98 Å². The summed E-state index contributed by atoms with van der Waals surface area (Å²) in [4.78, 5) is 18.9. The van der Waals surface area contributed by atoms with E-state index in [0.29, 0.717) is 28.0 Å². The van der Waals surface area contributed by atoms with Crippen LogP contribution in [0.2, 0.25) is 0 Å². The molecule has 0 saturated carbocycles. The van der Waals surface area contributed by atoms with E-state index in [1.807, 2.05) is 13.0 Å². The summed E-state index contributed by atoms with van der Waals surface area (Å²) in [5.74, 6) is 1.17. The topological polar surface area (TPSA) is 54.6 Å². The van der Waals surface area contributed by atoms with E-state index in [4.69, 9.17) is 9.47 Å². The zero-order chi connectivity index (χ0) is 19.7. The van der Waals surface area contributed by atoms with Crippen molar-refractivity contribution in [2.75, 3.05) is 32.2 Å². The molecular formula is C23H26N2O3. The molecule has 146 valence electrons. The number of hydrogen-bond donors (Lipinski definition) is 1. The second-order valence-corrected chi connectivity index (χ2v) is 7.30. The van der Waals surface area contributed by atoms with Gasteiger partial charge < -0.3 is 19.4 Å². The van der Waals surface area contributed by atoms with E-state index in [0.717, 1.165) is 24.3 Å². The fourth-order valence-corrected chi connectivity index (χ4v) is 4.01. The van der Waals surface area contributed by atoms with Crippen molar-refractivity contribution < 1.29 is 9.47 Å². The van der Waals surface area contributed by atoms with Crippen LogP contribution in [0.4, 0.5) is 5.69 Å². The molecule has 0 unspecified atom stereocenters. The van der Waals surface area contributed by atoms with E-state index in [2.05, 4.69) is 34.1 Å². The standard InChI is InChI=1S/C23H26N2O3/c1-15-22(16-7-9-17(10-8-16)25-11-5-4-6-12-25)24-19-13-18(27-2)14-20(28-3)21(19)23(15)26/h7-10,13-14H,4-6,11-12H2,1-3H3,(H,24,26). The van der Waals surface area contributed by atoms with Crippen LogP contribution >= 0.6 is 0 Å². The Morgan fingerprint density at radius 3 is 2.32 bits per heavy atom. The molecule has 0 atom stereocenters. The first-order valence-electron chi connectivity index (χ1n) is 9.76. The number of H-pyrrole nitrogens is 1. The molecule has 5 heteroatoms. The fraction of sp³-hybridized carbons (Fsp3) is 0.348. The summed E-state index contributed by atoms with van der Waals surface area (Å²) in [5.41, 5.74) is 4.44. The number of pyridine rings is 1. The van der Waals surface area contributed by atoms with Crippen LogP contribution in [0, 0.1) is 6.92 Å². The van der Waals surface area contributed by atoms with E-state index in [1.54, 1.807) is 20.3 Å². The Bertz CT molecular complexity index is 1050. The number of piperidine rings is 1. The Labute approximate surface area is 164 Å². The van der Waals surface area contributed by atoms with Gasteiger partial charge in [0.15, 0.2) is 5.43 Å². The minimum Gasteiger partial charge on any atom is -0.497 e. The van der Waals surface area contributed by atoms with Crippen molar-refractivity contribution >= 4 is 16.6 Å². The van der Waals surface area contributed by atoms with Crippen LogP contribution in [-0.2, 0) is 0 Å². The number of hydrogen-bond acceptors (Lipinski definition) is 4. The van der Waals surface area contributed by atoms with Crippen molar-refractivity contribution in [2.45, 2.75) is 26.2 Å². The van der Waals surface area contributed by atoms with E-state index >= 15 is 0 Å². The number of benzene rings is 2. The molecule has 4 rings (SSSR count). The molecule has 1 aromatic heterocycles. The van der Waals surface area contributed by atoms with Gasteiger partial charge in [-0.1, -0.05) is 12.1 Å². The highest BCUT2D eigenvalue weighted by Gasteiger charge is 2.16. The lowest BCUT2D eigenvalue weighted by molar-refractivity contribution is 0.397. The number of ether oxygens (including phenoxy) is 2. The molecular weight excluding hydrogens is 352 g/mol. The highest BCUT2D eigenvalue weighted by atomic mass is 16.5. The zero-order valence-corrected chi connectivity index (χ0v) is 16.7. The summed E-state index contributed by atoms with van der Waals surface area (Å²) in [7, 11) is 3.17. The van der Waals surface area contributed by atoms with E-state index in [-0.39, 0.29) is 5.43 Å². The quantitative estimate of drug-likeness (QED) is 0.726. The summed E-state index contributed by atoms with van der Waals surface area (Å²) < 4.78 is 10.8. The fourth-order valence-electron chi connectivity index (χ4n) is 4.01. The zero-order valence-electron chi connectivity index (χ0n) is 16.7. The molecule has 1 aliphatic rings. The molecule has 0 radical (unpaired) electrons. The van der Waals surface area contributed by atoms with Gasteiger partial charge in [0, 0.05) is 36.5 Å². The molecule has 1 aliphatic heterocycles. The van der Waals surface area contributed by atoms with Crippen molar-refractivity contribution in [3.05, 3.63) is 52.2 Å². The predicted molar refractivity (Wildman–Crippen MR) is 114 cm³/mol. The van der Waals surface area contributed by atoms with E-state index in [1.165, 1.54) is 24.9 Å². The van der Waals surface area contributed by atoms with Crippen molar-refractivity contribution in [3.8, 4) is 22.8 Å². The molecule has 1 N–H and O–H groups in total. The van der Waals surface area contributed by atoms with Crippen LogP contribution < -0.4 is 19.8 Å². The Balaban J connectivity index is 1.80. The van der Waals surface area contributed by atoms with E-state index in [9.17, 15) is 4.79 Å². The molecule has 5 nitrogen and oxygen atoms in total. The second-order valence-electron chi connectivity index (χ2n) is 7.30. The lowest BCUT2D eigenvalue weighted by atomic mass is 10.0. The highest BCUT2D eigenvalue weighted by Crippen LogP contribution is 2.31. The number of nitrogens with zero attached hydrogens (tertiary/aromatic N) is 1. The molecule has 0 amide bonds. The molecule has 1 saturated heterocycles. The van der Waals surface area contributed by atoms with Gasteiger partial charge >= 0.3 is 0 Å². The molecule has 0 aliphatic carbocycles. The minimum absolute atomic E-state index is 0.0247. The third kappa shape index (κ3) is 3.21. The summed E-state index contributed by atoms with van der Waals surface area (Å²) in [6, 6.07) is 12.1. The maximum atomic E-state index is 13.1. The van der Waals surface area contributed by atoms with Crippen LogP contribution in [0.15, 0.2) is 41.2 Å². The van der Waals surface area contributed by atoms with Gasteiger partial charge in [0.05, 0.1) is 30.8 Å². The predicted octanol–water partition coefficient (Wildman–Crippen LogP) is 4.51. The van der Waals surface area contributed by atoms with Gasteiger partial charge in [-0.05, 0) is 43.9 Å².